The lowest BCUT2D eigenvalue weighted by Crippen LogP contribution is -2.32. The van der Waals surface area contributed by atoms with Gasteiger partial charge >= 0.3 is 6.18 Å². The fourth-order valence-corrected chi connectivity index (χ4v) is 4.30. The first kappa shape index (κ1) is 27.7. The van der Waals surface area contributed by atoms with Gasteiger partial charge in [-0.2, -0.15) is 18.3 Å². The minimum Gasteiger partial charge on any atom is -0.405 e. The number of hydrogen-bond acceptors (Lipinski definition) is 4. The highest BCUT2D eigenvalue weighted by Gasteiger charge is 2.40. The number of allylic oxidation sites excluding steroid dienone is 2. The first-order chi connectivity index (χ1) is 15.9. The quantitative estimate of drug-likeness (QED) is 0.405. The minimum absolute atomic E-state index is 0.0845. The van der Waals surface area contributed by atoms with Gasteiger partial charge in [0.15, 0.2) is 5.69 Å². The summed E-state index contributed by atoms with van der Waals surface area (Å²) in [4.78, 5) is 12.9. The third kappa shape index (κ3) is 6.74. The molecular weight excluding hydrogens is 443 g/mol. The van der Waals surface area contributed by atoms with Crippen molar-refractivity contribution in [1.29, 1.82) is 0 Å². The lowest BCUT2D eigenvalue weighted by Gasteiger charge is -2.25. The van der Waals surface area contributed by atoms with Crippen molar-refractivity contribution in [2.75, 3.05) is 13.1 Å². The maximum Gasteiger partial charge on any atom is 0.433 e. The second-order valence-corrected chi connectivity index (χ2v) is 9.47. The minimum atomic E-state index is -4.70. The second kappa shape index (κ2) is 11.7. The van der Waals surface area contributed by atoms with Crippen LogP contribution < -0.4 is 16.4 Å². The molecule has 2 rings (SSSR count). The monoisotopic (exact) mass is 481 g/mol. The Balaban J connectivity index is 2.39. The number of halogens is 3. The van der Waals surface area contributed by atoms with E-state index in [9.17, 15) is 18.0 Å². The highest BCUT2D eigenvalue weighted by Crippen LogP contribution is 2.34. The maximum absolute atomic E-state index is 13.7. The van der Waals surface area contributed by atoms with Crippen molar-refractivity contribution in [2.24, 2.45) is 11.7 Å². The molecule has 1 aromatic heterocycles. The van der Waals surface area contributed by atoms with Crippen LogP contribution in [0.15, 0.2) is 41.3 Å². The van der Waals surface area contributed by atoms with Crippen molar-refractivity contribution < 1.29 is 18.0 Å². The van der Waals surface area contributed by atoms with Crippen molar-refractivity contribution in [3.05, 3.63) is 52.5 Å². The SMILES string of the molecule is C=C(C(CNC(=O)c1cnn(C(C)C)c1C(F)(F)F)=C(CC/C(C)=C\N)C(C)C)[C@@H]1CCCN1. The predicted octanol–water partition coefficient (Wildman–Crippen LogP) is 5.12. The lowest BCUT2D eigenvalue weighted by atomic mass is 9.86. The van der Waals surface area contributed by atoms with Crippen LogP contribution in [0.4, 0.5) is 13.2 Å². The average Bonchev–Trinajstić information content (AvgIpc) is 3.44. The fourth-order valence-electron chi connectivity index (χ4n) is 4.30. The van der Waals surface area contributed by atoms with E-state index in [4.69, 9.17) is 5.73 Å². The van der Waals surface area contributed by atoms with Crippen molar-refractivity contribution >= 4 is 5.91 Å². The van der Waals surface area contributed by atoms with Gasteiger partial charge in [0.2, 0.25) is 0 Å². The molecule has 0 spiro atoms. The Morgan fingerprint density at radius 3 is 2.53 bits per heavy atom. The largest absolute Gasteiger partial charge is 0.433 e. The van der Waals surface area contributed by atoms with Crippen LogP contribution in [-0.2, 0) is 6.18 Å². The Labute approximate surface area is 200 Å². The van der Waals surface area contributed by atoms with E-state index in [1.54, 1.807) is 20.0 Å². The first-order valence-electron chi connectivity index (χ1n) is 11.8. The molecule has 1 saturated heterocycles. The van der Waals surface area contributed by atoms with Gasteiger partial charge < -0.3 is 16.4 Å². The fraction of sp³-hybridized carbons (Fsp3) is 0.600. The summed E-state index contributed by atoms with van der Waals surface area (Å²) in [5.74, 6) is -0.630. The predicted molar refractivity (Wildman–Crippen MR) is 129 cm³/mol. The summed E-state index contributed by atoms with van der Waals surface area (Å²) in [6, 6.07) is -0.450. The molecule has 1 atom stereocenters. The van der Waals surface area contributed by atoms with Crippen LogP contribution in [0.1, 0.15) is 82.4 Å². The summed E-state index contributed by atoms with van der Waals surface area (Å²) in [5, 5.41) is 9.99. The zero-order valence-electron chi connectivity index (χ0n) is 20.9. The molecule has 0 radical (unpaired) electrons. The Kier molecular flexibility index (Phi) is 9.55. The number of amides is 1. The standard InChI is InChI=1S/C25H38F3N5O/c1-15(2)19(10-9-17(5)12-29)20(18(6)22-8-7-11-30-22)13-31-24(34)21-14-32-33(16(3)4)23(21)25(26,27)28/h12,14-16,22,30H,6-11,13,29H2,1-5H3,(H,31,34)/b17-12-,20-19?/t22-/m0/s1. The van der Waals surface area contributed by atoms with Gasteiger partial charge in [-0.15, -0.1) is 0 Å². The molecule has 0 bridgehead atoms. The normalized spacial score (nSPS) is 17.9. The Morgan fingerprint density at radius 1 is 1.35 bits per heavy atom. The molecule has 1 aliphatic heterocycles. The molecular formula is C25H38F3N5O. The van der Waals surface area contributed by atoms with E-state index in [2.05, 4.69) is 36.2 Å². The van der Waals surface area contributed by atoms with Gasteiger partial charge in [0.05, 0.1) is 11.8 Å². The van der Waals surface area contributed by atoms with E-state index >= 15 is 0 Å². The number of hydrogen-bond donors (Lipinski definition) is 3. The van der Waals surface area contributed by atoms with Crippen molar-refractivity contribution in [3.63, 3.8) is 0 Å². The molecule has 0 saturated carbocycles. The van der Waals surface area contributed by atoms with E-state index < -0.39 is 29.4 Å². The molecule has 1 aromatic rings. The topological polar surface area (TPSA) is 85.0 Å². The smallest absolute Gasteiger partial charge is 0.405 e. The van der Waals surface area contributed by atoms with Crippen LogP contribution in [0, 0.1) is 5.92 Å². The number of nitrogens with zero attached hydrogens (tertiary/aromatic N) is 2. The molecule has 1 aliphatic rings. The number of aromatic nitrogens is 2. The molecule has 1 fully saturated rings. The molecule has 1 amide bonds. The van der Waals surface area contributed by atoms with Gasteiger partial charge in [-0.25, -0.2) is 0 Å². The van der Waals surface area contributed by atoms with Gasteiger partial charge in [-0.3, -0.25) is 9.48 Å². The van der Waals surface area contributed by atoms with Crippen molar-refractivity contribution in [2.45, 2.75) is 78.6 Å². The van der Waals surface area contributed by atoms with E-state index in [0.717, 1.165) is 65.4 Å². The van der Waals surface area contributed by atoms with Crippen molar-refractivity contribution in [1.82, 2.24) is 20.4 Å². The Morgan fingerprint density at radius 2 is 2.03 bits per heavy atom. The average molecular weight is 482 g/mol. The van der Waals surface area contributed by atoms with Crippen molar-refractivity contribution in [3.8, 4) is 0 Å². The first-order valence-corrected chi connectivity index (χ1v) is 11.8. The van der Waals surface area contributed by atoms with Crippen LogP contribution in [0.2, 0.25) is 0 Å². The van der Waals surface area contributed by atoms with E-state index in [-0.39, 0.29) is 18.5 Å². The van der Waals surface area contributed by atoms with Crippen LogP contribution in [0.5, 0.6) is 0 Å². The number of alkyl halides is 3. The molecule has 4 N–H and O–H groups in total. The number of nitrogens with two attached hydrogens (primary N) is 1. The maximum atomic E-state index is 13.7. The molecule has 0 aliphatic carbocycles. The summed E-state index contributed by atoms with van der Waals surface area (Å²) in [6.45, 7) is 14.6. The molecule has 6 nitrogen and oxygen atoms in total. The molecule has 0 unspecified atom stereocenters. The highest BCUT2D eigenvalue weighted by molar-refractivity contribution is 5.95. The molecule has 9 heteroatoms. The summed E-state index contributed by atoms with van der Waals surface area (Å²) >= 11 is 0. The van der Waals surface area contributed by atoms with Gasteiger partial charge in [0, 0.05) is 18.6 Å². The van der Waals surface area contributed by atoms with Gasteiger partial charge in [0.1, 0.15) is 0 Å². The van der Waals surface area contributed by atoms with Crippen LogP contribution in [-0.4, -0.2) is 34.8 Å². The lowest BCUT2D eigenvalue weighted by molar-refractivity contribution is -0.145. The summed E-state index contributed by atoms with van der Waals surface area (Å²) in [5.41, 5.74) is 8.06. The van der Waals surface area contributed by atoms with Gasteiger partial charge in [-0.05, 0) is 76.3 Å². The highest BCUT2D eigenvalue weighted by atomic mass is 19.4. The molecule has 34 heavy (non-hydrogen) atoms. The number of rotatable bonds is 10. The van der Waals surface area contributed by atoms with Crippen LogP contribution in [0.25, 0.3) is 0 Å². The summed E-state index contributed by atoms with van der Waals surface area (Å²) in [6.07, 6.45) is 1.32. The number of nitrogens with one attached hydrogen (secondary N) is 2. The third-order valence-corrected chi connectivity index (χ3v) is 6.25. The van der Waals surface area contributed by atoms with Crippen LogP contribution >= 0.6 is 0 Å². The van der Waals surface area contributed by atoms with E-state index in [1.807, 2.05) is 6.92 Å². The number of carbonyl (C=O) groups excluding carboxylic acids is 1. The number of carbonyl (C=O) groups is 1. The van der Waals surface area contributed by atoms with E-state index in [0.29, 0.717) is 0 Å². The molecule has 2 heterocycles. The summed E-state index contributed by atoms with van der Waals surface area (Å²) < 4.78 is 42.1. The third-order valence-electron chi connectivity index (χ3n) is 6.25. The Bertz CT molecular complexity index is 935. The summed E-state index contributed by atoms with van der Waals surface area (Å²) in [7, 11) is 0. The zero-order chi connectivity index (χ0) is 25.6. The van der Waals surface area contributed by atoms with E-state index in [1.165, 1.54) is 0 Å². The van der Waals surface area contributed by atoms with Gasteiger partial charge in [0.25, 0.3) is 5.91 Å². The van der Waals surface area contributed by atoms with Gasteiger partial charge in [-0.1, -0.05) is 31.6 Å². The Hall–Kier alpha value is -2.55. The second-order valence-electron chi connectivity index (χ2n) is 9.47. The molecule has 190 valence electrons. The van der Waals surface area contributed by atoms with Crippen LogP contribution in [0.3, 0.4) is 0 Å². The zero-order valence-corrected chi connectivity index (χ0v) is 20.9. The molecule has 0 aromatic carbocycles.